The maximum absolute atomic E-state index is 12.8. The maximum Gasteiger partial charge on any atom is 0.247 e. The molecule has 1 fully saturated rings. The molecule has 0 saturated carbocycles. The van der Waals surface area contributed by atoms with Gasteiger partial charge in [-0.25, -0.2) is 13.4 Å². The number of likely N-dealkylation sites (N-methyl/N-ethyl adjacent to an activating group) is 1. The normalized spacial score (nSPS) is 14.4. The number of sulfonamides is 1. The van der Waals surface area contributed by atoms with Gasteiger partial charge in [0.05, 0.1) is 47.5 Å². The van der Waals surface area contributed by atoms with Crippen molar-refractivity contribution in [3.8, 4) is 5.75 Å². The third kappa shape index (κ3) is 6.69. The minimum Gasteiger partial charge on any atom is -0.494 e. The molecule has 3 N–H and O–H groups in total. The smallest absolute Gasteiger partial charge is 0.247 e. The molecule has 2 aromatic carbocycles. The number of carbonyl (C=O) groups excluding carboxylic acids is 1. The second kappa shape index (κ2) is 13.3. The van der Waals surface area contributed by atoms with Crippen LogP contribution >= 0.6 is 11.6 Å². The van der Waals surface area contributed by atoms with E-state index in [0.717, 1.165) is 37.4 Å². The largest absolute Gasteiger partial charge is 0.494 e. The van der Waals surface area contributed by atoms with E-state index in [-0.39, 0.29) is 22.6 Å². The second-order valence-corrected chi connectivity index (χ2v) is 13.1. The molecule has 1 saturated heterocycles. The maximum atomic E-state index is 12.8. The summed E-state index contributed by atoms with van der Waals surface area (Å²) >= 11 is 6.50. The lowest BCUT2D eigenvalue weighted by Gasteiger charge is -2.33. The van der Waals surface area contributed by atoms with Crippen molar-refractivity contribution in [3.63, 3.8) is 0 Å². The standard InChI is InChI=1S/C30H37ClN8O4S/c1-5-27(40)33-23-17-24(26(43-4)18-25(23)37(3)15-16-38-12-8-13-38)35-30-32-19-21(31)29(36-30)34-22-10-7-9-20-11-14-39(28(20)22)44(41,42)6-2/h5,7,9-10,17-19H,1,6,8,11-16H2,2-4H3,(H,33,40)(H2,32,34,35,36). The number of fused-ring (bicyclic) bond motifs is 1. The molecule has 0 aliphatic carbocycles. The van der Waals surface area contributed by atoms with Gasteiger partial charge in [0, 0.05) is 32.7 Å². The van der Waals surface area contributed by atoms with Crippen LogP contribution in [0.1, 0.15) is 18.9 Å². The number of ether oxygens (including phenoxy) is 1. The van der Waals surface area contributed by atoms with E-state index in [9.17, 15) is 13.2 Å². The third-order valence-electron chi connectivity index (χ3n) is 7.77. The summed E-state index contributed by atoms with van der Waals surface area (Å²) in [5.74, 6) is 0.664. The Morgan fingerprint density at radius 1 is 1.18 bits per heavy atom. The van der Waals surface area contributed by atoms with Gasteiger partial charge in [0.15, 0.2) is 5.82 Å². The number of nitrogens with zero attached hydrogens (tertiary/aromatic N) is 5. The van der Waals surface area contributed by atoms with Crippen molar-refractivity contribution in [1.29, 1.82) is 0 Å². The Hall–Kier alpha value is -4.07. The fourth-order valence-corrected chi connectivity index (χ4v) is 6.49. The summed E-state index contributed by atoms with van der Waals surface area (Å²) in [6.45, 7) is 9.46. The average Bonchev–Trinajstić information content (AvgIpc) is 3.44. The van der Waals surface area contributed by atoms with Gasteiger partial charge in [-0.3, -0.25) is 9.10 Å². The number of carbonyl (C=O) groups is 1. The Morgan fingerprint density at radius 3 is 2.66 bits per heavy atom. The van der Waals surface area contributed by atoms with Crippen LogP contribution < -0.4 is 29.9 Å². The number of aromatic nitrogens is 2. The molecule has 12 nitrogen and oxygen atoms in total. The zero-order valence-corrected chi connectivity index (χ0v) is 26.6. The number of para-hydroxylation sites is 1. The summed E-state index contributed by atoms with van der Waals surface area (Å²) in [7, 11) is 0.0701. The molecule has 44 heavy (non-hydrogen) atoms. The van der Waals surface area contributed by atoms with Crippen molar-refractivity contribution in [2.45, 2.75) is 19.8 Å². The fraction of sp³-hybridized carbons (Fsp3) is 0.367. The molecule has 234 valence electrons. The van der Waals surface area contributed by atoms with Crippen molar-refractivity contribution < 1.29 is 17.9 Å². The van der Waals surface area contributed by atoms with Crippen molar-refractivity contribution in [3.05, 3.63) is 59.8 Å². The molecule has 3 aromatic rings. The first kappa shape index (κ1) is 31.4. The molecular weight excluding hydrogens is 604 g/mol. The van der Waals surface area contributed by atoms with Crippen LogP contribution in [0.25, 0.3) is 0 Å². The predicted molar refractivity (Wildman–Crippen MR) is 177 cm³/mol. The van der Waals surface area contributed by atoms with E-state index < -0.39 is 10.0 Å². The number of hydrogen-bond donors (Lipinski definition) is 3. The van der Waals surface area contributed by atoms with Crippen LogP contribution in [0.4, 0.5) is 40.2 Å². The van der Waals surface area contributed by atoms with Gasteiger partial charge in [0.2, 0.25) is 21.9 Å². The number of amides is 1. The summed E-state index contributed by atoms with van der Waals surface area (Å²) in [5, 5.41) is 9.55. The summed E-state index contributed by atoms with van der Waals surface area (Å²) in [6, 6.07) is 9.19. The topological polar surface area (TPSA) is 132 Å². The van der Waals surface area contributed by atoms with E-state index in [1.165, 1.54) is 23.0 Å². The van der Waals surface area contributed by atoms with E-state index in [4.69, 9.17) is 16.3 Å². The molecule has 5 rings (SSSR count). The first-order valence-corrected chi connectivity index (χ1v) is 16.4. The van der Waals surface area contributed by atoms with Gasteiger partial charge in [-0.15, -0.1) is 0 Å². The molecule has 2 aliphatic heterocycles. The SMILES string of the molecule is C=CC(=O)Nc1cc(Nc2ncc(Cl)c(Nc3cccc4c3N(S(=O)(=O)CC)CC4)n2)c(OC)cc1N(C)CCN1CCC1. The van der Waals surface area contributed by atoms with Crippen LogP contribution in [0.15, 0.2) is 49.2 Å². The van der Waals surface area contributed by atoms with E-state index in [1.807, 2.05) is 25.2 Å². The highest BCUT2D eigenvalue weighted by molar-refractivity contribution is 7.92. The highest BCUT2D eigenvalue weighted by Crippen LogP contribution is 2.41. The van der Waals surface area contributed by atoms with Gasteiger partial charge in [-0.2, -0.15) is 4.98 Å². The number of rotatable bonds is 13. The lowest BCUT2D eigenvalue weighted by molar-refractivity contribution is -0.111. The second-order valence-electron chi connectivity index (χ2n) is 10.6. The molecular formula is C30H37ClN8O4S. The van der Waals surface area contributed by atoms with Gasteiger partial charge >= 0.3 is 0 Å². The zero-order chi connectivity index (χ0) is 31.4. The van der Waals surface area contributed by atoms with Crippen LogP contribution in [-0.2, 0) is 21.2 Å². The van der Waals surface area contributed by atoms with E-state index in [0.29, 0.717) is 47.3 Å². The molecule has 3 heterocycles. The summed E-state index contributed by atoms with van der Waals surface area (Å²) in [4.78, 5) is 25.7. The van der Waals surface area contributed by atoms with E-state index in [1.54, 1.807) is 26.2 Å². The Kier molecular flexibility index (Phi) is 9.47. The van der Waals surface area contributed by atoms with Crippen LogP contribution in [0.3, 0.4) is 0 Å². The van der Waals surface area contributed by atoms with Crippen LogP contribution in [0.5, 0.6) is 5.75 Å². The molecule has 0 bridgehead atoms. The molecule has 2 aliphatic rings. The number of likely N-dealkylation sites (tertiary alicyclic amines) is 1. The van der Waals surface area contributed by atoms with E-state index >= 15 is 0 Å². The Bertz CT molecular complexity index is 1660. The summed E-state index contributed by atoms with van der Waals surface area (Å²) in [5.41, 5.74) is 3.95. The quantitative estimate of drug-likeness (QED) is 0.228. The Labute approximate surface area is 263 Å². The van der Waals surface area contributed by atoms with E-state index in [2.05, 4.69) is 42.3 Å². The van der Waals surface area contributed by atoms with Crippen molar-refractivity contribution in [1.82, 2.24) is 14.9 Å². The third-order valence-corrected chi connectivity index (χ3v) is 9.81. The molecule has 0 radical (unpaired) electrons. The number of methoxy groups -OCH3 is 1. The monoisotopic (exact) mass is 640 g/mol. The van der Waals surface area contributed by atoms with Crippen molar-refractivity contribution in [2.75, 3.05) is 77.8 Å². The first-order valence-electron chi connectivity index (χ1n) is 14.4. The van der Waals surface area contributed by atoms with Gasteiger partial charge < -0.3 is 30.5 Å². The van der Waals surface area contributed by atoms with Gasteiger partial charge in [-0.05, 0) is 56.6 Å². The number of hydrogen-bond acceptors (Lipinski definition) is 10. The van der Waals surface area contributed by atoms with Gasteiger partial charge in [0.25, 0.3) is 0 Å². The molecule has 1 amide bonds. The first-order chi connectivity index (χ1) is 21.1. The Morgan fingerprint density at radius 2 is 1.98 bits per heavy atom. The molecule has 14 heteroatoms. The Balaban J connectivity index is 1.44. The molecule has 0 atom stereocenters. The highest BCUT2D eigenvalue weighted by Gasteiger charge is 2.31. The lowest BCUT2D eigenvalue weighted by Crippen LogP contribution is -2.42. The fourth-order valence-electron chi connectivity index (χ4n) is 5.17. The van der Waals surface area contributed by atoms with Crippen molar-refractivity contribution in [2.24, 2.45) is 0 Å². The highest BCUT2D eigenvalue weighted by atomic mass is 35.5. The minimum atomic E-state index is -3.46. The van der Waals surface area contributed by atoms with Gasteiger partial charge in [0.1, 0.15) is 10.8 Å². The average molecular weight is 641 g/mol. The van der Waals surface area contributed by atoms with Crippen LogP contribution in [-0.4, -0.2) is 81.8 Å². The van der Waals surface area contributed by atoms with Gasteiger partial charge in [-0.1, -0.05) is 30.3 Å². The number of nitrogens with one attached hydrogen (secondary N) is 3. The molecule has 1 aromatic heterocycles. The van der Waals surface area contributed by atoms with Crippen LogP contribution in [0, 0.1) is 0 Å². The van der Waals surface area contributed by atoms with Crippen LogP contribution in [0.2, 0.25) is 5.02 Å². The summed E-state index contributed by atoms with van der Waals surface area (Å²) in [6.07, 6.45) is 4.50. The minimum absolute atomic E-state index is 0.00674. The number of anilines is 7. The number of benzene rings is 2. The number of halogens is 1. The zero-order valence-electron chi connectivity index (χ0n) is 25.1. The molecule has 0 spiro atoms. The summed E-state index contributed by atoms with van der Waals surface area (Å²) < 4.78 is 32.8. The molecule has 0 unspecified atom stereocenters. The lowest BCUT2D eigenvalue weighted by atomic mass is 10.1. The van der Waals surface area contributed by atoms with Crippen molar-refractivity contribution >= 4 is 67.7 Å². The predicted octanol–water partition coefficient (Wildman–Crippen LogP) is 4.60.